The van der Waals surface area contributed by atoms with Crippen LogP contribution in [-0.4, -0.2) is 27.8 Å². The molecular weight excluding hydrogens is 242 g/mol. The van der Waals surface area contributed by atoms with Gasteiger partial charge in [-0.05, 0) is 37.6 Å². The van der Waals surface area contributed by atoms with Crippen molar-refractivity contribution in [2.75, 3.05) is 18.1 Å². The Morgan fingerprint density at radius 1 is 1.28 bits per heavy atom. The molecule has 4 heteroatoms. The lowest BCUT2D eigenvalue weighted by molar-refractivity contribution is 0.499. The SMILES string of the molecule is CCCNC(CSCCC)c1ccnn1CCC. The quantitative estimate of drug-likeness (QED) is 0.660. The predicted octanol–water partition coefficient (Wildman–Crippen LogP) is 3.48. The molecule has 0 amide bonds. The van der Waals surface area contributed by atoms with Crippen LogP contribution in [0.15, 0.2) is 12.3 Å². The zero-order valence-corrected chi connectivity index (χ0v) is 12.8. The van der Waals surface area contributed by atoms with Crippen LogP contribution in [-0.2, 0) is 6.54 Å². The minimum atomic E-state index is 0.440. The van der Waals surface area contributed by atoms with E-state index in [-0.39, 0.29) is 0 Å². The summed E-state index contributed by atoms with van der Waals surface area (Å²) in [6.07, 6.45) is 5.49. The Bertz CT molecular complexity index is 312. The fourth-order valence-electron chi connectivity index (χ4n) is 1.95. The monoisotopic (exact) mass is 269 g/mol. The Morgan fingerprint density at radius 3 is 2.78 bits per heavy atom. The molecule has 0 bridgehead atoms. The molecule has 0 aliphatic heterocycles. The van der Waals surface area contributed by atoms with Gasteiger partial charge in [-0.15, -0.1) is 0 Å². The maximum Gasteiger partial charge on any atom is 0.0583 e. The molecule has 0 radical (unpaired) electrons. The molecular formula is C14H27N3S. The van der Waals surface area contributed by atoms with E-state index in [2.05, 4.69) is 41.9 Å². The maximum atomic E-state index is 4.43. The Kier molecular flexibility index (Phi) is 8.18. The molecule has 0 fully saturated rings. The molecule has 1 rings (SSSR count). The van der Waals surface area contributed by atoms with E-state index in [1.807, 2.05) is 18.0 Å². The minimum Gasteiger partial charge on any atom is -0.308 e. The Balaban J connectivity index is 2.63. The highest BCUT2D eigenvalue weighted by molar-refractivity contribution is 7.99. The molecule has 3 nitrogen and oxygen atoms in total. The first kappa shape index (κ1) is 15.6. The molecule has 0 aromatic carbocycles. The van der Waals surface area contributed by atoms with E-state index in [4.69, 9.17) is 0 Å². The average molecular weight is 269 g/mol. The van der Waals surface area contributed by atoms with Crippen molar-refractivity contribution in [2.45, 2.75) is 52.6 Å². The van der Waals surface area contributed by atoms with Gasteiger partial charge in [-0.25, -0.2) is 0 Å². The topological polar surface area (TPSA) is 29.9 Å². The summed E-state index contributed by atoms with van der Waals surface area (Å²) in [5, 5.41) is 8.08. The fraction of sp³-hybridized carbons (Fsp3) is 0.786. The largest absolute Gasteiger partial charge is 0.308 e. The van der Waals surface area contributed by atoms with Crippen LogP contribution in [0.5, 0.6) is 0 Å². The maximum absolute atomic E-state index is 4.43. The van der Waals surface area contributed by atoms with Crippen molar-refractivity contribution in [2.24, 2.45) is 0 Å². The number of rotatable bonds is 10. The second kappa shape index (κ2) is 9.45. The second-order valence-corrected chi connectivity index (χ2v) is 5.71. The minimum absolute atomic E-state index is 0.440. The number of aryl methyl sites for hydroxylation is 1. The smallest absolute Gasteiger partial charge is 0.0583 e. The van der Waals surface area contributed by atoms with E-state index in [1.165, 1.54) is 24.3 Å². The van der Waals surface area contributed by atoms with E-state index in [9.17, 15) is 0 Å². The van der Waals surface area contributed by atoms with Crippen LogP contribution in [0.1, 0.15) is 51.8 Å². The van der Waals surface area contributed by atoms with Crippen LogP contribution in [0.25, 0.3) is 0 Å². The summed E-state index contributed by atoms with van der Waals surface area (Å²) >= 11 is 2.03. The summed E-state index contributed by atoms with van der Waals surface area (Å²) in [6.45, 7) is 8.75. The molecule has 0 aliphatic rings. The summed E-state index contributed by atoms with van der Waals surface area (Å²) in [5.74, 6) is 2.38. The Morgan fingerprint density at radius 2 is 2.11 bits per heavy atom. The van der Waals surface area contributed by atoms with Crippen molar-refractivity contribution < 1.29 is 0 Å². The number of nitrogens with one attached hydrogen (secondary N) is 1. The van der Waals surface area contributed by atoms with Gasteiger partial charge in [0.05, 0.1) is 11.7 Å². The van der Waals surface area contributed by atoms with E-state index in [0.29, 0.717) is 6.04 Å². The van der Waals surface area contributed by atoms with E-state index < -0.39 is 0 Å². The van der Waals surface area contributed by atoms with Gasteiger partial charge in [0, 0.05) is 18.5 Å². The predicted molar refractivity (Wildman–Crippen MR) is 81.2 cm³/mol. The first-order valence-electron chi connectivity index (χ1n) is 7.16. The molecule has 1 unspecified atom stereocenters. The van der Waals surface area contributed by atoms with Gasteiger partial charge in [-0.2, -0.15) is 16.9 Å². The zero-order valence-electron chi connectivity index (χ0n) is 12.0. The van der Waals surface area contributed by atoms with Gasteiger partial charge in [-0.1, -0.05) is 20.8 Å². The number of thioether (sulfide) groups is 1. The molecule has 1 aromatic heterocycles. The number of aromatic nitrogens is 2. The molecule has 1 aromatic rings. The molecule has 0 spiro atoms. The highest BCUT2D eigenvalue weighted by atomic mass is 32.2. The Hall–Kier alpha value is -0.480. The molecule has 0 aliphatic carbocycles. The van der Waals surface area contributed by atoms with E-state index in [0.717, 1.165) is 25.3 Å². The van der Waals surface area contributed by atoms with Gasteiger partial charge in [0.25, 0.3) is 0 Å². The Labute approximate surface area is 116 Å². The van der Waals surface area contributed by atoms with Crippen LogP contribution < -0.4 is 5.32 Å². The third kappa shape index (κ3) is 5.02. The van der Waals surface area contributed by atoms with Gasteiger partial charge in [0.1, 0.15) is 0 Å². The third-order valence-corrected chi connectivity index (χ3v) is 4.08. The molecule has 0 saturated heterocycles. The lowest BCUT2D eigenvalue weighted by atomic mass is 10.2. The van der Waals surface area contributed by atoms with Crippen molar-refractivity contribution in [3.8, 4) is 0 Å². The lowest BCUT2D eigenvalue weighted by Gasteiger charge is -2.19. The van der Waals surface area contributed by atoms with Crippen LogP contribution in [0, 0.1) is 0 Å². The molecule has 1 N–H and O–H groups in total. The van der Waals surface area contributed by atoms with Crippen molar-refractivity contribution >= 4 is 11.8 Å². The van der Waals surface area contributed by atoms with Crippen molar-refractivity contribution in [3.05, 3.63) is 18.0 Å². The van der Waals surface area contributed by atoms with Crippen LogP contribution in [0.2, 0.25) is 0 Å². The summed E-state index contributed by atoms with van der Waals surface area (Å²) < 4.78 is 2.15. The van der Waals surface area contributed by atoms with Crippen molar-refractivity contribution in [1.82, 2.24) is 15.1 Å². The van der Waals surface area contributed by atoms with Gasteiger partial charge in [-0.3, -0.25) is 4.68 Å². The third-order valence-electron chi connectivity index (χ3n) is 2.82. The summed E-state index contributed by atoms with van der Waals surface area (Å²) in [6, 6.07) is 2.60. The van der Waals surface area contributed by atoms with Crippen LogP contribution >= 0.6 is 11.8 Å². The highest BCUT2D eigenvalue weighted by Crippen LogP contribution is 2.19. The van der Waals surface area contributed by atoms with E-state index in [1.54, 1.807) is 0 Å². The van der Waals surface area contributed by atoms with Gasteiger partial charge >= 0.3 is 0 Å². The number of hydrogen-bond acceptors (Lipinski definition) is 3. The van der Waals surface area contributed by atoms with Gasteiger partial charge < -0.3 is 5.32 Å². The molecule has 18 heavy (non-hydrogen) atoms. The molecule has 1 atom stereocenters. The standard InChI is InChI=1S/C14H27N3S/c1-4-8-15-13(12-18-11-6-3)14-7-9-16-17(14)10-5-2/h7,9,13,15H,4-6,8,10-12H2,1-3H3. The summed E-state index contributed by atoms with van der Waals surface area (Å²) in [4.78, 5) is 0. The first-order valence-corrected chi connectivity index (χ1v) is 8.31. The second-order valence-electron chi connectivity index (χ2n) is 4.56. The molecule has 0 saturated carbocycles. The van der Waals surface area contributed by atoms with Crippen molar-refractivity contribution in [1.29, 1.82) is 0 Å². The lowest BCUT2D eigenvalue weighted by Crippen LogP contribution is -2.27. The van der Waals surface area contributed by atoms with Crippen LogP contribution in [0.4, 0.5) is 0 Å². The first-order chi connectivity index (χ1) is 8.83. The van der Waals surface area contributed by atoms with Crippen molar-refractivity contribution in [3.63, 3.8) is 0 Å². The average Bonchev–Trinajstić information content (AvgIpc) is 2.82. The van der Waals surface area contributed by atoms with Gasteiger partial charge in [0.15, 0.2) is 0 Å². The highest BCUT2D eigenvalue weighted by Gasteiger charge is 2.15. The summed E-state index contributed by atoms with van der Waals surface area (Å²) in [5.41, 5.74) is 1.34. The fourth-order valence-corrected chi connectivity index (χ4v) is 2.93. The number of nitrogens with zero attached hydrogens (tertiary/aromatic N) is 2. The molecule has 104 valence electrons. The van der Waals surface area contributed by atoms with E-state index >= 15 is 0 Å². The number of hydrogen-bond donors (Lipinski definition) is 1. The van der Waals surface area contributed by atoms with Gasteiger partial charge in [0.2, 0.25) is 0 Å². The molecule has 1 heterocycles. The zero-order chi connectivity index (χ0) is 13.2. The normalized spacial score (nSPS) is 12.8. The van der Waals surface area contributed by atoms with Crippen LogP contribution in [0.3, 0.4) is 0 Å². The summed E-state index contributed by atoms with van der Waals surface area (Å²) in [7, 11) is 0.